The lowest BCUT2D eigenvalue weighted by atomic mass is 9.72. The highest BCUT2D eigenvalue weighted by atomic mass is 16.5. The van der Waals surface area contributed by atoms with Crippen LogP contribution in [0.5, 0.6) is 0 Å². The van der Waals surface area contributed by atoms with Gasteiger partial charge in [-0.25, -0.2) is 0 Å². The first-order valence-corrected chi connectivity index (χ1v) is 6.25. The minimum absolute atomic E-state index is 0.130. The van der Waals surface area contributed by atoms with Crippen molar-refractivity contribution in [3.63, 3.8) is 0 Å². The van der Waals surface area contributed by atoms with E-state index in [1.807, 2.05) is 6.92 Å². The topological polar surface area (TPSA) is 52.3 Å². The normalized spacial score (nSPS) is 30.8. The largest absolute Gasteiger partial charge is 0.469 e. The fraction of sp³-hybridized carbons (Fsp3) is 0.692. The number of carbonyl (C=O) groups is 1. The van der Waals surface area contributed by atoms with Gasteiger partial charge in [0.1, 0.15) is 5.76 Å². The number of methoxy groups -OCH3 is 1. The summed E-state index contributed by atoms with van der Waals surface area (Å²) in [5.74, 6) is 1.62. The van der Waals surface area contributed by atoms with Crippen LogP contribution in [-0.2, 0) is 16.0 Å². The van der Waals surface area contributed by atoms with Crippen LogP contribution < -0.4 is 0 Å². The fourth-order valence-corrected chi connectivity index (χ4v) is 3.60. The van der Waals surface area contributed by atoms with E-state index in [1.54, 1.807) is 0 Å². The molecule has 0 bridgehead atoms. The third-order valence-electron chi connectivity index (χ3n) is 4.34. The molecular formula is C13H17NO3. The maximum absolute atomic E-state index is 12.0. The van der Waals surface area contributed by atoms with Crippen LogP contribution in [0.25, 0.3) is 0 Å². The quantitative estimate of drug-likeness (QED) is 0.700. The first kappa shape index (κ1) is 10.8. The average molecular weight is 235 g/mol. The predicted octanol–water partition coefficient (Wildman–Crippen LogP) is 2.21. The van der Waals surface area contributed by atoms with Gasteiger partial charge in [-0.1, -0.05) is 11.6 Å². The number of aromatic nitrogens is 1. The molecule has 2 aliphatic carbocycles. The number of hydrogen-bond acceptors (Lipinski definition) is 4. The van der Waals surface area contributed by atoms with E-state index in [9.17, 15) is 4.79 Å². The number of carbonyl (C=O) groups excluding carboxylic acids is 1. The molecule has 17 heavy (non-hydrogen) atoms. The van der Waals surface area contributed by atoms with Crippen molar-refractivity contribution in [1.29, 1.82) is 0 Å². The maximum Gasteiger partial charge on any atom is 0.313 e. The van der Waals surface area contributed by atoms with Gasteiger partial charge in [-0.3, -0.25) is 4.79 Å². The molecule has 3 rings (SSSR count). The summed E-state index contributed by atoms with van der Waals surface area (Å²) in [6.45, 7) is 1.91. The van der Waals surface area contributed by atoms with Gasteiger partial charge in [0.15, 0.2) is 0 Å². The minimum atomic E-state index is -0.150. The Morgan fingerprint density at radius 3 is 3.06 bits per heavy atom. The Kier molecular flexibility index (Phi) is 2.45. The van der Waals surface area contributed by atoms with Crippen molar-refractivity contribution in [2.24, 2.45) is 11.8 Å². The van der Waals surface area contributed by atoms with Gasteiger partial charge in [-0.2, -0.15) is 0 Å². The number of ether oxygens (including phenoxy) is 1. The molecule has 1 fully saturated rings. The molecule has 1 aromatic heterocycles. The van der Waals surface area contributed by atoms with Crippen LogP contribution in [-0.4, -0.2) is 18.2 Å². The van der Waals surface area contributed by atoms with Crippen LogP contribution in [0.2, 0.25) is 0 Å². The first-order chi connectivity index (χ1) is 8.22. The Labute approximate surface area is 100 Å². The Bertz CT molecular complexity index is 452. The van der Waals surface area contributed by atoms with Gasteiger partial charge in [0.05, 0.1) is 18.7 Å². The molecule has 1 unspecified atom stereocenters. The van der Waals surface area contributed by atoms with Gasteiger partial charge in [0.25, 0.3) is 0 Å². The highest BCUT2D eigenvalue weighted by molar-refractivity contribution is 5.79. The molecule has 92 valence electrons. The molecule has 0 spiro atoms. The van der Waals surface area contributed by atoms with Crippen LogP contribution in [0.15, 0.2) is 4.52 Å². The van der Waals surface area contributed by atoms with Crippen molar-refractivity contribution in [1.82, 2.24) is 5.16 Å². The Morgan fingerprint density at radius 1 is 1.47 bits per heavy atom. The first-order valence-electron chi connectivity index (χ1n) is 6.25. The summed E-state index contributed by atoms with van der Waals surface area (Å²) in [5, 5.41) is 4.01. The van der Waals surface area contributed by atoms with Gasteiger partial charge in [0, 0.05) is 12.0 Å². The van der Waals surface area contributed by atoms with Gasteiger partial charge in [-0.05, 0) is 31.6 Å². The molecule has 1 heterocycles. The van der Waals surface area contributed by atoms with Crippen molar-refractivity contribution in [3.05, 3.63) is 17.0 Å². The zero-order valence-corrected chi connectivity index (χ0v) is 10.2. The third-order valence-corrected chi connectivity index (χ3v) is 4.34. The highest BCUT2D eigenvalue weighted by Crippen LogP contribution is 2.49. The second kappa shape index (κ2) is 3.86. The molecule has 0 saturated heterocycles. The number of rotatable bonds is 1. The van der Waals surface area contributed by atoms with E-state index in [1.165, 1.54) is 20.0 Å². The van der Waals surface area contributed by atoms with Crippen LogP contribution in [0.1, 0.15) is 42.2 Å². The molecule has 4 nitrogen and oxygen atoms in total. The monoisotopic (exact) mass is 235 g/mol. The Morgan fingerprint density at radius 2 is 2.29 bits per heavy atom. The lowest BCUT2D eigenvalue weighted by Crippen LogP contribution is -2.31. The van der Waals surface area contributed by atoms with Gasteiger partial charge < -0.3 is 9.26 Å². The van der Waals surface area contributed by atoms with Crippen molar-refractivity contribution in [2.45, 2.75) is 38.5 Å². The average Bonchev–Trinajstić information content (AvgIpc) is 2.93. The number of fused-ring (bicyclic) bond motifs is 2. The third kappa shape index (κ3) is 1.50. The van der Waals surface area contributed by atoms with E-state index in [-0.39, 0.29) is 11.9 Å². The van der Waals surface area contributed by atoms with Crippen LogP contribution >= 0.6 is 0 Å². The number of esters is 1. The van der Waals surface area contributed by atoms with E-state index in [0.29, 0.717) is 11.8 Å². The zero-order chi connectivity index (χ0) is 12.0. The second-order valence-electron chi connectivity index (χ2n) is 5.16. The fourth-order valence-electron chi connectivity index (χ4n) is 3.60. The molecule has 0 N–H and O–H groups in total. The Hall–Kier alpha value is -1.32. The number of hydrogen-bond donors (Lipinski definition) is 0. The van der Waals surface area contributed by atoms with Crippen LogP contribution in [0.3, 0.4) is 0 Å². The molecule has 3 atom stereocenters. The molecule has 1 aromatic rings. The summed E-state index contributed by atoms with van der Waals surface area (Å²) >= 11 is 0. The molecule has 0 aliphatic heterocycles. The molecule has 0 radical (unpaired) electrons. The smallest absolute Gasteiger partial charge is 0.313 e. The lowest BCUT2D eigenvalue weighted by Gasteiger charge is -2.31. The van der Waals surface area contributed by atoms with Crippen LogP contribution in [0.4, 0.5) is 0 Å². The summed E-state index contributed by atoms with van der Waals surface area (Å²) in [5.41, 5.74) is 1.85. The minimum Gasteiger partial charge on any atom is -0.469 e. The van der Waals surface area contributed by atoms with E-state index in [0.717, 1.165) is 29.9 Å². The van der Waals surface area contributed by atoms with Crippen molar-refractivity contribution in [3.8, 4) is 0 Å². The summed E-state index contributed by atoms with van der Waals surface area (Å²) in [4.78, 5) is 12.0. The maximum atomic E-state index is 12.0. The standard InChI is InChI=1S/C13H17NO3/c1-7-11-10(17-14-7)6-8-4-3-5-9(8)12(11)13(15)16-2/h8-9,12H,3-6H2,1-2H3/t8?,9-,12+/m1/s1. The van der Waals surface area contributed by atoms with Gasteiger partial charge in [0.2, 0.25) is 0 Å². The number of aryl methyl sites for hydroxylation is 1. The van der Waals surface area contributed by atoms with E-state index in [4.69, 9.17) is 9.26 Å². The summed E-state index contributed by atoms with van der Waals surface area (Å²) in [6, 6.07) is 0. The molecular weight excluding hydrogens is 218 g/mol. The second-order valence-corrected chi connectivity index (χ2v) is 5.16. The predicted molar refractivity (Wildman–Crippen MR) is 60.5 cm³/mol. The van der Waals surface area contributed by atoms with Gasteiger partial charge >= 0.3 is 5.97 Å². The Balaban J connectivity index is 2.07. The SMILES string of the molecule is COC(=O)[C@@H]1c2c(C)noc2CC2CCC[C@H]21. The van der Waals surface area contributed by atoms with Crippen molar-refractivity contribution < 1.29 is 14.1 Å². The molecule has 1 saturated carbocycles. The zero-order valence-electron chi connectivity index (χ0n) is 10.2. The van der Waals surface area contributed by atoms with E-state index < -0.39 is 0 Å². The van der Waals surface area contributed by atoms with E-state index in [2.05, 4.69) is 5.16 Å². The molecule has 4 heteroatoms. The van der Waals surface area contributed by atoms with Gasteiger partial charge in [-0.15, -0.1) is 0 Å². The highest BCUT2D eigenvalue weighted by Gasteiger charge is 2.46. The summed E-state index contributed by atoms with van der Waals surface area (Å²) in [6.07, 6.45) is 4.46. The molecule has 0 amide bonds. The van der Waals surface area contributed by atoms with Crippen LogP contribution in [0, 0.1) is 18.8 Å². The van der Waals surface area contributed by atoms with E-state index >= 15 is 0 Å². The van der Waals surface area contributed by atoms with Crippen molar-refractivity contribution >= 4 is 5.97 Å². The lowest BCUT2D eigenvalue weighted by molar-refractivity contribution is -0.144. The summed E-state index contributed by atoms with van der Waals surface area (Å²) < 4.78 is 10.3. The summed E-state index contributed by atoms with van der Waals surface area (Å²) in [7, 11) is 1.46. The molecule has 0 aromatic carbocycles. The number of nitrogens with zero attached hydrogens (tertiary/aromatic N) is 1. The molecule has 2 aliphatic rings. The van der Waals surface area contributed by atoms with Crippen molar-refractivity contribution in [2.75, 3.05) is 7.11 Å².